The molecule has 14 heavy (non-hydrogen) atoms. The molecule has 2 fully saturated rings. The van der Waals surface area contributed by atoms with Gasteiger partial charge in [-0.05, 0) is 25.7 Å². The molecule has 2 heterocycles. The van der Waals surface area contributed by atoms with Crippen LogP contribution in [0, 0.1) is 0 Å². The fourth-order valence-corrected chi connectivity index (χ4v) is 2.93. The Bertz CT molecular complexity index is 186. The van der Waals surface area contributed by atoms with Gasteiger partial charge in [0.1, 0.15) is 0 Å². The molecular formula is C10H21N3O. The molecule has 0 aromatic rings. The zero-order valence-corrected chi connectivity index (χ0v) is 8.60. The number of rotatable bonds is 3. The summed E-state index contributed by atoms with van der Waals surface area (Å²) in [5, 5.41) is 9.54. The van der Waals surface area contributed by atoms with Crippen molar-refractivity contribution in [2.75, 3.05) is 13.1 Å². The van der Waals surface area contributed by atoms with Crippen molar-refractivity contribution >= 4 is 0 Å². The Hall–Kier alpha value is -0.160. The summed E-state index contributed by atoms with van der Waals surface area (Å²) in [7, 11) is 0. The van der Waals surface area contributed by atoms with Gasteiger partial charge in [-0.25, -0.2) is 0 Å². The van der Waals surface area contributed by atoms with Gasteiger partial charge in [-0.2, -0.15) is 0 Å². The van der Waals surface area contributed by atoms with E-state index in [-0.39, 0.29) is 6.10 Å². The van der Waals surface area contributed by atoms with E-state index in [9.17, 15) is 5.11 Å². The second-order valence-electron chi connectivity index (χ2n) is 4.70. The first-order chi connectivity index (χ1) is 6.70. The van der Waals surface area contributed by atoms with E-state index in [1.165, 1.54) is 12.8 Å². The molecule has 0 radical (unpaired) electrons. The second-order valence-corrected chi connectivity index (χ2v) is 4.70. The number of nitrogens with zero attached hydrogens (tertiary/aromatic N) is 1. The predicted octanol–water partition coefficient (Wildman–Crippen LogP) is -0.740. The molecule has 2 aliphatic rings. The average Bonchev–Trinajstić information content (AvgIpc) is 2.41. The number of aliphatic hydroxyl groups excluding tert-OH is 1. The molecule has 4 nitrogen and oxygen atoms in total. The minimum absolute atomic E-state index is 0.363. The number of fused-ring (bicyclic) bond motifs is 2. The first-order valence-corrected chi connectivity index (χ1v) is 5.60. The van der Waals surface area contributed by atoms with Crippen LogP contribution in [0.1, 0.15) is 25.7 Å². The lowest BCUT2D eigenvalue weighted by molar-refractivity contribution is 0.0608. The van der Waals surface area contributed by atoms with E-state index in [4.69, 9.17) is 11.5 Å². The maximum Gasteiger partial charge on any atom is 0.0789 e. The summed E-state index contributed by atoms with van der Waals surface area (Å²) in [5.74, 6) is 0. The molecule has 0 spiro atoms. The fraction of sp³-hybridized carbons (Fsp3) is 1.00. The van der Waals surface area contributed by atoms with Crippen LogP contribution >= 0.6 is 0 Å². The van der Waals surface area contributed by atoms with Crippen LogP contribution in [0.3, 0.4) is 0 Å². The highest BCUT2D eigenvalue weighted by atomic mass is 16.3. The smallest absolute Gasteiger partial charge is 0.0789 e. The van der Waals surface area contributed by atoms with E-state index >= 15 is 0 Å². The van der Waals surface area contributed by atoms with Crippen molar-refractivity contribution in [2.24, 2.45) is 11.5 Å². The zero-order chi connectivity index (χ0) is 10.1. The van der Waals surface area contributed by atoms with Gasteiger partial charge in [0.15, 0.2) is 0 Å². The van der Waals surface area contributed by atoms with Crippen LogP contribution in [0.2, 0.25) is 0 Å². The molecule has 2 aliphatic heterocycles. The first kappa shape index (κ1) is 10.4. The lowest BCUT2D eigenvalue weighted by Crippen LogP contribution is -2.50. The van der Waals surface area contributed by atoms with Crippen molar-refractivity contribution in [3.8, 4) is 0 Å². The van der Waals surface area contributed by atoms with Crippen LogP contribution in [-0.2, 0) is 0 Å². The monoisotopic (exact) mass is 199 g/mol. The molecule has 0 aromatic carbocycles. The minimum atomic E-state index is -0.368. The maximum atomic E-state index is 9.54. The Morgan fingerprint density at radius 3 is 2.36 bits per heavy atom. The molecule has 3 atom stereocenters. The first-order valence-electron chi connectivity index (χ1n) is 5.60. The number of aliphatic hydroxyl groups is 1. The maximum absolute atomic E-state index is 9.54. The van der Waals surface area contributed by atoms with Gasteiger partial charge in [-0.1, -0.05) is 0 Å². The van der Waals surface area contributed by atoms with Crippen molar-refractivity contribution in [3.05, 3.63) is 0 Å². The standard InChI is InChI=1S/C10H21N3O/c11-5-10(14)6-13-8-1-2-9(13)4-7(12)3-8/h7-10,14H,1-6,11-12H2. The highest BCUT2D eigenvalue weighted by Gasteiger charge is 2.39. The van der Waals surface area contributed by atoms with Gasteiger partial charge in [0, 0.05) is 31.2 Å². The molecular weight excluding hydrogens is 178 g/mol. The molecule has 3 unspecified atom stereocenters. The van der Waals surface area contributed by atoms with Crippen LogP contribution in [0.25, 0.3) is 0 Å². The molecule has 4 heteroatoms. The minimum Gasteiger partial charge on any atom is -0.390 e. The summed E-state index contributed by atoms with van der Waals surface area (Å²) in [6, 6.07) is 1.58. The topological polar surface area (TPSA) is 75.5 Å². The Kier molecular flexibility index (Phi) is 3.07. The predicted molar refractivity (Wildman–Crippen MR) is 55.8 cm³/mol. The Balaban J connectivity index is 1.94. The van der Waals surface area contributed by atoms with Crippen molar-refractivity contribution in [1.82, 2.24) is 4.90 Å². The van der Waals surface area contributed by atoms with Gasteiger partial charge in [-0.3, -0.25) is 4.90 Å². The van der Waals surface area contributed by atoms with E-state index in [0.29, 0.717) is 24.7 Å². The van der Waals surface area contributed by atoms with Crippen molar-refractivity contribution in [1.29, 1.82) is 0 Å². The summed E-state index contributed by atoms with van der Waals surface area (Å²) in [6.07, 6.45) is 4.31. The normalized spacial score (nSPS) is 40.1. The molecule has 5 N–H and O–H groups in total. The second kappa shape index (κ2) is 4.14. The number of nitrogens with two attached hydrogens (primary N) is 2. The number of piperidine rings is 1. The Morgan fingerprint density at radius 1 is 1.29 bits per heavy atom. The third kappa shape index (κ3) is 1.93. The van der Waals surface area contributed by atoms with Crippen molar-refractivity contribution < 1.29 is 5.11 Å². The summed E-state index contributed by atoms with van der Waals surface area (Å²) < 4.78 is 0. The van der Waals surface area contributed by atoms with Crippen LogP contribution in [0.15, 0.2) is 0 Å². The summed E-state index contributed by atoms with van der Waals surface area (Å²) in [5.41, 5.74) is 11.4. The van der Waals surface area contributed by atoms with Gasteiger partial charge >= 0.3 is 0 Å². The Labute approximate surface area is 85.2 Å². The lowest BCUT2D eigenvalue weighted by atomic mass is 9.98. The molecule has 2 saturated heterocycles. The number of hydrogen-bond donors (Lipinski definition) is 3. The molecule has 0 aliphatic carbocycles. The number of hydrogen-bond acceptors (Lipinski definition) is 4. The molecule has 82 valence electrons. The van der Waals surface area contributed by atoms with E-state index in [2.05, 4.69) is 4.90 Å². The molecule has 0 aromatic heterocycles. The third-order valence-corrected chi connectivity index (χ3v) is 3.61. The SMILES string of the molecule is NCC(O)CN1C2CCC1CC(N)C2. The third-order valence-electron chi connectivity index (χ3n) is 3.61. The van der Waals surface area contributed by atoms with E-state index in [1.807, 2.05) is 0 Å². The largest absolute Gasteiger partial charge is 0.390 e. The van der Waals surface area contributed by atoms with Crippen molar-refractivity contribution in [3.63, 3.8) is 0 Å². The highest BCUT2D eigenvalue weighted by molar-refractivity contribution is 4.97. The quantitative estimate of drug-likeness (QED) is 0.559. The van der Waals surface area contributed by atoms with Crippen molar-refractivity contribution in [2.45, 2.75) is 49.9 Å². The van der Waals surface area contributed by atoms with Gasteiger partial charge < -0.3 is 16.6 Å². The van der Waals surface area contributed by atoms with Crippen LogP contribution < -0.4 is 11.5 Å². The van der Waals surface area contributed by atoms with E-state index in [1.54, 1.807) is 0 Å². The van der Waals surface area contributed by atoms with E-state index < -0.39 is 0 Å². The summed E-state index contributed by atoms with van der Waals surface area (Å²) in [6.45, 7) is 1.10. The summed E-state index contributed by atoms with van der Waals surface area (Å²) >= 11 is 0. The van der Waals surface area contributed by atoms with E-state index in [0.717, 1.165) is 19.4 Å². The lowest BCUT2D eigenvalue weighted by Gasteiger charge is -2.38. The van der Waals surface area contributed by atoms with Gasteiger partial charge in [0.25, 0.3) is 0 Å². The zero-order valence-electron chi connectivity index (χ0n) is 8.60. The fourth-order valence-electron chi connectivity index (χ4n) is 2.93. The molecule has 0 saturated carbocycles. The molecule has 0 amide bonds. The van der Waals surface area contributed by atoms with Crippen LogP contribution in [0.4, 0.5) is 0 Å². The van der Waals surface area contributed by atoms with Gasteiger partial charge in [0.05, 0.1) is 6.10 Å². The van der Waals surface area contributed by atoms with Gasteiger partial charge in [-0.15, -0.1) is 0 Å². The Morgan fingerprint density at radius 2 is 1.86 bits per heavy atom. The average molecular weight is 199 g/mol. The van der Waals surface area contributed by atoms with Gasteiger partial charge in [0.2, 0.25) is 0 Å². The molecule has 2 bridgehead atoms. The highest BCUT2D eigenvalue weighted by Crippen LogP contribution is 2.34. The summed E-state index contributed by atoms with van der Waals surface area (Å²) in [4.78, 5) is 2.42. The van der Waals surface area contributed by atoms with Crippen LogP contribution in [-0.4, -0.2) is 47.3 Å². The molecule has 2 rings (SSSR count). The van der Waals surface area contributed by atoms with Crippen LogP contribution in [0.5, 0.6) is 0 Å².